The summed E-state index contributed by atoms with van der Waals surface area (Å²) in [6.07, 6.45) is 7.07. The second kappa shape index (κ2) is 6.87. The number of benzene rings is 1. The minimum Gasteiger partial charge on any atom is -0.487 e. The zero-order valence-electron chi connectivity index (χ0n) is 14.7. The van der Waals surface area contributed by atoms with E-state index < -0.39 is 5.91 Å². The van der Waals surface area contributed by atoms with Gasteiger partial charge < -0.3 is 10.5 Å². The number of carbonyl (C=O) groups excluding carboxylic acids is 1. The predicted octanol–water partition coefficient (Wildman–Crippen LogP) is 2.71. The molecule has 27 heavy (non-hydrogen) atoms. The van der Waals surface area contributed by atoms with Crippen LogP contribution in [0.4, 0.5) is 0 Å². The summed E-state index contributed by atoms with van der Waals surface area (Å²) in [4.78, 5) is 20.3. The molecule has 0 unspecified atom stereocenters. The number of aromatic nitrogens is 4. The molecular formula is C20H17N5O2. The van der Waals surface area contributed by atoms with Crippen LogP contribution in [-0.4, -0.2) is 25.7 Å². The number of amides is 1. The van der Waals surface area contributed by atoms with E-state index in [9.17, 15) is 4.79 Å². The molecule has 0 spiro atoms. The van der Waals surface area contributed by atoms with Crippen LogP contribution in [0.25, 0.3) is 22.0 Å². The van der Waals surface area contributed by atoms with Gasteiger partial charge in [0.1, 0.15) is 12.4 Å². The molecule has 0 aliphatic carbocycles. The summed E-state index contributed by atoms with van der Waals surface area (Å²) in [5, 5.41) is 5.10. The second-order valence-corrected chi connectivity index (χ2v) is 6.10. The summed E-state index contributed by atoms with van der Waals surface area (Å²) in [5.41, 5.74) is 8.99. The second-order valence-electron chi connectivity index (χ2n) is 6.10. The van der Waals surface area contributed by atoms with E-state index in [1.54, 1.807) is 35.4 Å². The van der Waals surface area contributed by atoms with Gasteiger partial charge in [0.25, 0.3) is 5.91 Å². The molecule has 0 saturated carbocycles. The van der Waals surface area contributed by atoms with E-state index in [1.165, 1.54) is 0 Å². The van der Waals surface area contributed by atoms with Crippen LogP contribution in [0.1, 0.15) is 16.1 Å². The maximum absolute atomic E-state index is 11.6. The first kappa shape index (κ1) is 16.7. The SMILES string of the molecule is Cn1cc(-c2cc(OCc3ncccc3C(N)=O)c3cccnc3c2)cn1. The summed E-state index contributed by atoms with van der Waals surface area (Å²) in [5.74, 6) is 0.123. The Morgan fingerprint density at radius 2 is 1.96 bits per heavy atom. The zero-order valence-corrected chi connectivity index (χ0v) is 14.7. The van der Waals surface area contributed by atoms with Gasteiger partial charge in [-0.15, -0.1) is 0 Å². The first-order valence-corrected chi connectivity index (χ1v) is 8.36. The predicted molar refractivity (Wildman–Crippen MR) is 101 cm³/mol. The van der Waals surface area contributed by atoms with Crippen molar-refractivity contribution < 1.29 is 9.53 Å². The van der Waals surface area contributed by atoms with Crippen LogP contribution in [0.5, 0.6) is 5.75 Å². The molecule has 1 amide bonds. The number of nitrogens with zero attached hydrogens (tertiary/aromatic N) is 4. The molecule has 3 aromatic heterocycles. The van der Waals surface area contributed by atoms with Crippen molar-refractivity contribution in [3.05, 3.63) is 72.4 Å². The third-order valence-electron chi connectivity index (χ3n) is 4.24. The number of primary amides is 1. The summed E-state index contributed by atoms with van der Waals surface area (Å²) in [7, 11) is 1.87. The van der Waals surface area contributed by atoms with Crippen molar-refractivity contribution in [3.63, 3.8) is 0 Å². The van der Waals surface area contributed by atoms with Gasteiger partial charge >= 0.3 is 0 Å². The van der Waals surface area contributed by atoms with Crippen LogP contribution in [0, 0.1) is 0 Å². The third kappa shape index (κ3) is 3.35. The van der Waals surface area contributed by atoms with Gasteiger partial charge in [0.2, 0.25) is 0 Å². The molecule has 0 fully saturated rings. The average molecular weight is 359 g/mol. The lowest BCUT2D eigenvalue weighted by Crippen LogP contribution is -2.15. The van der Waals surface area contributed by atoms with Gasteiger partial charge in [-0.2, -0.15) is 5.10 Å². The van der Waals surface area contributed by atoms with E-state index >= 15 is 0 Å². The Labute approximate surface area is 155 Å². The van der Waals surface area contributed by atoms with Gasteiger partial charge in [0.05, 0.1) is 23.0 Å². The number of carbonyl (C=O) groups is 1. The Morgan fingerprint density at radius 3 is 2.74 bits per heavy atom. The Bertz CT molecular complexity index is 1140. The highest BCUT2D eigenvalue weighted by molar-refractivity contribution is 5.94. The smallest absolute Gasteiger partial charge is 0.250 e. The molecule has 1 aromatic carbocycles. The van der Waals surface area contributed by atoms with E-state index in [4.69, 9.17) is 10.5 Å². The number of ether oxygens (including phenoxy) is 1. The van der Waals surface area contributed by atoms with Crippen LogP contribution < -0.4 is 10.5 Å². The average Bonchev–Trinajstić information content (AvgIpc) is 3.12. The molecule has 4 rings (SSSR count). The molecule has 134 valence electrons. The van der Waals surface area contributed by atoms with E-state index in [0.717, 1.165) is 22.0 Å². The normalized spacial score (nSPS) is 10.9. The summed E-state index contributed by atoms with van der Waals surface area (Å²) < 4.78 is 7.77. The fourth-order valence-electron chi connectivity index (χ4n) is 2.93. The number of hydrogen-bond acceptors (Lipinski definition) is 5. The summed E-state index contributed by atoms with van der Waals surface area (Å²) in [6.45, 7) is 0.125. The molecular weight excluding hydrogens is 342 g/mol. The number of aryl methyl sites for hydroxylation is 1. The van der Waals surface area contributed by atoms with Gasteiger partial charge in [0.15, 0.2) is 0 Å². The van der Waals surface area contributed by atoms with E-state index in [0.29, 0.717) is 17.0 Å². The molecule has 0 radical (unpaired) electrons. The standard InChI is InChI=1S/C20H17N5O2/c1-25-11-14(10-24-25)13-8-17-15(4-2-6-22-17)19(9-13)27-12-18-16(20(21)26)5-3-7-23-18/h2-11H,12H2,1H3,(H2,21,26). The molecule has 3 heterocycles. The van der Waals surface area contributed by atoms with Crippen molar-refractivity contribution in [1.29, 1.82) is 0 Å². The van der Waals surface area contributed by atoms with Gasteiger partial charge in [-0.1, -0.05) is 0 Å². The van der Waals surface area contributed by atoms with Crippen molar-refractivity contribution in [2.24, 2.45) is 12.8 Å². The zero-order chi connectivity index (χ0) is 18.8. The van der Waals surface area contributed by atoms with Gasteiger partial charge in [-0.05, 0) is 42.0 Å². The molecule has 0 aliphatic heterocycles. The van der Waals surface area contributed by atoms with Crippen LogP contribution in [0.15, 0.2) is 61.2 Å². The number of rotatable bonds is 5. The number of nitrogens with two attached hydrogens (primary N) is 1. The van der Waals surface area contributed by atoms with Gasteiger partial charge in [-0.3, -0.25) is 19.4 Å². The lowest BCUT2D eigenvalue weighted by Gasteiger charge is -2.12. The Morgan fingerprint density at radius 1 is 1.15 bits per heavy atom. The topological polar surface area (TPSA) is 95.9 Å². The highest BCUT2D eigenvalue weighted by atomic mass is 16.5. The highest BCUT2D eigenvalue weighted by Gasteiger charge is 2.12. The number of hydrogen-bond donors (Lipinski definition) is 1. The molecule has 0 saturated heterocycles. The molecule has 0 bridgehead atoms. The maximum Gasteiger partial charge on any atom is 0.250 e. The Kier molecular flexibility index (Phi) is 4.25. The van der Waals surface area contributed by atoms with Gasteiger partial charge in [-0.25, -0.2) is 0 Å². The highest BCUT2D eigenvalue weighted by Crippen LogP contribution is 2.32. The quantitative estimate of drug-likeness (QED) is 0.591. The Hall–Kier alpha value is -3.74. The van der Waals surface area contributed by atoms with Crippen LogP contribution in [0.3, 0.4) is 0 Å². The van der Waals surface area contributed by atoms with E-state index in [-0.39, 0.29) is 6.61 Å². The van der Waals surface area contributed by atoms with Crippen molar-refractivity contribution in [2.75, 3.05) is 0 Å². The van der Waals surface area contributed by atoms with Crippen molar-refractivity contribution in [2.45, 2.75) is 6.61 Å². The lowest BCUT2D eigenvalue weighted by molar-refractivity contribution is 0.0997. The minimum atomic E-state index is -0.530. The number of fused-ring (bicyclic) bond motifs is 1. The number of pyridine rings is 2. The van der Waals surface area contributed by atoms with Crippen molar-refractivity contribution >= 4 is 16.8 Å². The minimum absolute atomic E-state index is 0.125. The molecule has 7 heteroatoms. The van der Waals surface area contributed by atoms with E-state index in [2.05, 4.69) is 15.1 Å². The fraction of sp³-hybridized carbons (Fsp3) is 0.100. The van der Waals surface area contributed by atoms with E-state index in [1.807, 2.05) is 37.5 Å². The maximum atomic E-state index is 11.6. The molecule has 0 aliphatic rings. The molecule has 4 aromatic rings. The monoisotopic (exact) mass is 359 g/mol. The van der Waals surface area contributed by atoms with Crippen molar-refractivity contribution in [3.8, 4) is 16.9 Å². The fourth-order valence-corrected chi connectivity index (χ4v) is 2.93. The Balaban J connectivity index is 1.74. The summed E-state index contributed by atoms with van der Waals surface area (Å²) in [6, 6.07) is 11.0. The van der Waals surface area contributed by atoms with Crippen molar-refractivity contribution in [1.82, 2.24) is 19.7 Å². The largest absolute Gasteiger partial charge is 0.487 e. The first-order valence-electron chi connectivity index (χ1n) is 8.36. The molecule has 2 N–H and O–H groups in total. The van der Waals surface area contributed by atoms with Gasteiger partial charge in [0, 0.05) is 36.6 Å². The molecule has 0 atom stereocenters. The van der Waals surface area contributed by atoms with Crippen LogP contribution >= 0.6 is 0 Å². The van der Waals surface area contributed by atoms with Crippen LogP contribution in [-0.2, 0) is 13.7 Å². The lowest BCUT2D eigenvalue weighted by atomic mass is 10.1. The third-order valence-corrected chi connectivity index (χ3v) is 4.24. The summed E-state index contributed by atoms with van der Waals surface area (Å²) >= 11 is 0. The van der Waals surface area contributed by atoms with Crippen LogP contribution in [0.2, 0.25) is 0 Å². The molecule has 7 nitrogen and oxygen atoms in total. The first-order chi connectivity index (χ1) is 13.1.